The van der Waals surface area contributed by atoms with Crippen molar-refractivity contribution < 1.29 is 25.8 Å². The lowest BCUT2D eigenvalue weighted by Crippen LogP contribution is -2.32. The molecule has 0 N–H and O–H groups in total. The van der Waals surface area contributed by atoms with Crippen molar-refractivity contribution in [2.75, 3.05) is 13.2 Å². The number of hydrogen-bond donors (Lipinski definition) is 0. The van der Waals surface area contributed by atoms with Crippen molar-refractivity contribution in [3.63, 3.8) is 0 Å². The Morgan fingerprint density at radius 3 is 2.57 bits per heavy atom. The average Bonchev–Trinajstić information content (AvgIpc) is 2.93. The van der Waals surface area contributed by atoms with Gasteiger partial charge in [0.05, 0.1) is 21.3 Å². The van der Waals surface area contributed by atoms with E-state index in [0.717, 1.165) is 4.90 Å². The van der Waals surface area contributed by atoms with Gasteiger partial charge in [-0.25, -0.2) is 9.97 Å². The summed E-state index contributed by atoms with van der Waals surface area (Å²) < 4.78 is 53.2. The van der Waals surface area contributed by atoms with Crippen LogP contribution in [-0.4, -0.2) is 40.0 Å². The molecule has 0 radical (unpaired) electrons. The fourth-order valence-corrected chi connectivity index (χ4v) is 3.00. The minimum atomic E-state index is -3.29. The summed E-state index contributed by atoms with van der Waals surface area (Å²) in [5.74, 6) is -0.354. The van der Waals surface area contributed by atoms with Crippen molar-refractivity contribution in [2.45, 2.75) is 19.5 Å². The van der Waals surface area contributed by atoms with Crippen LogP contribution in [0.3, 0.4) is 0 Å². The summed E-state index contributed by atoms with van der Waals surface area (Å²) in [7, 11) is 0. The summed E-state index contributed by atoms with van der Waals surface area (Å²) in [6.45, 7) is -1.49. The van der Waals surface area contributed by atoms with Crippen molar-refractivity contribution in [3.05, 3.63) is 72.3 Å². The summed E-state index contributed by atoms with van der Waals surface area (Å²) >= 11 is 0. The normalized spacial score (nSPS) is 15.4. The average molecular weight is 413 g/mol. The van der Waals surface area contributed by atoms with Crippen LogP contribution in [0.4, 0.5) is 8.78 Å². The monoisotopic (exact) mass is 413 g/mol. The van der Waals surface area contributed by atoms with Crippen LogP contribution in [0.25, 0.3) is 11.1 Å². The number of benzene rings is 2. The van der Waals surface area contributed by atoms with E-state index in [1.165, 1.54) is 24.5 Å². The van der Waals surface area contributed by atoms with Crippen LogP contribution < -0.4 is 9.47 Å². The number of carbonyl (C=O) groups is 1. The molecule has 1 amide bonds. The van der Waals surface area contributed by atoms with E-state index in [2.05, 4.69) is 14.7 Å². The second-order valence-corrected chi connectivity index (χ2v) is 6.63. The number of halogens is 2. The zero-order valence-corrected chi connectivity index (χ0v) is 16.0. The molecule has 2 aromatic carbocycles. The highest BCUT2D eigenvalue weighted by atomic mass is 19.3. The number of hydrogen-bond acceptors (Lipinski definition) is 5. The van der Waals surface area contributed by atoms with Crippen LogP contribution in [0.1, 0.15) is 25.8 Å². The van der Waals surface area contributed by atoms with E-state index in [4.69, 9.17) is 7.48 Å². The second-order valence-electron chi connectivity index (χ2n) is 6.63. The van der Waals surface area contributed by atoms with Gasteiger partial charge in [0.1, 0.15) is 23.9 Å². The molecule has 30 heavy (non-hydrogen) atoms. The maximum atomic E-state index is 13.3. The summed E-state index contributed by atoms with van der Waals surface area (Å²) in [5.41, 5.74) is 1.48. The topological polar surface area (TPSA) is 64.6 Å². The first-order valence-electron chi connectivity index (χ1n) is 10.2. The van der Waals surface area contributed by atoms with Gasteiger partial charge in [-0.15, -0.1) is 0 Å². The highest BCUT2D eigenvalue weighted by molar-refractivity contribution is 5.98. The van der Waals surface area contributed by atoms with E-state index in [1.807, 2.05) is 0 Å². The van der Waals surface area contributed by atoms with E-state index < -0.39 is 18.5 Å². The van der Waals surface area contributed by atoms with Gasteiger partial charge in [-0.1, -0.05) is 18.2 Å². The van der Waals surface area contributed by atoms with Crippen LogP contribution in [0.15, 0.2) is 60.9 Å². The van der Waals surface area contributed by atoms with Crippen molar-refractivity contribution in [3.8, 4) is 22.6 Å². The minimum Gasteiger partial charge on any atom is -0.491 e. The Morgan fingerprint density at radius 1 is 1.17 bits per heavy atom. The number of nitrogens with zero attached hydrogens (tertiary/aromatic N) is 3. The molecule has 0 spiro atoms. The zero-order chi connectivity index (χ0) is 22.9. The van der Waals surface area contributed by atoms with Crippen LogP contribution in [0, 0.1) is 0 Å². The molecule has 1 aromatic heterocycles. The highest BCUT2D eigenvalue weighted by Crippen LogP contribution is 2.31. The number of alkyl halides is 2. The molecule has 0 fully saturated rings. The van der Waals surface area contributed by atoms with Gasteiger partial charge < -0.3 is 14.4 Å². The highest BCUT2D eigenvalue weighted by Gasteiger charge is 2.25. The predicted molar refractivity (Wildman–Crippen MR) is 105 cm³/mol. The molecule has 0 saturated carbocycles. The van der Waals surface area contributed by atoms with Crippen molar-refractivity contribution in [2.24, 2.45) is 0 Å². The van der Waals surface area contributed by atoms with Crippen LogP contribution >= 0.6 is 0 Å². The van der Waals surface area contributed by atoms with Gasteiger partial charge in [0.25, 0.3) is 5.91 Å². The van der Waals surface area contributed by atoms with Gasteiger partial charge in [-0.2, -0.15) is 8.78 Å². The van der Waals surface area contributed by atoms with Gasteiger partial charge in [0.15, 0.2) is 0 Å². The second kappa shape index (κ2) is 8.06. The molecule has 1 aliphatic heterocycles. The summed E-state index contributed by atoms with van der Waals surface area (Å²) in [6.07, 6.45) is -0.472. The van der Waals surface area contributed by atoms with Gasteiger partial charge >= 0.3 is 6.11 Å². The molecule has 4 rings (SSSR count). The number of carbonyl (C=O) groups excluding carboxylic acids is 1. The first-order valence-corrected chi connectivity index (χ1v) is 9.19. The SMILES string of the molecule is [2H]C([2H])(c1ncccn1)N1CCOc2ccc(-c3ccc(OC(C)(F)F)cc3)cc2C1=O. The number of rotatable bonds is 5. The molecular weight excluding hydrogens is 392 g/mol. The van der Waals surface area contributed by atoms with Crippen molar-refractivity contribution >= 4 is 5.91 Å². The first-order chi connectivity index (χ1) is 15.1. The fraction of sp³-hybridized carbons (Fsp3) is 0.227. The van der Waals surface area contributed by atoms with Gasteiger partial charge in [0.2, 0.25) is 0 Å². The van der Waals surface area contributed by atoms with E-state index in [0.29, 0.717) is 23.8 Å². The third kappa shape index (κ3) is 4.53. The fourth-order valence-electron chi connectivity index (χ4n) is 3.00. The van der Waals surface area contributed by atoms with Gasteiger partial charge in [-0.05, 0) is 41.5 Å². The minimum absolute atomic E-state index is 0.00532. The maximum Gasteiger partial charge on any atom is 0.394 e. The molecule has 154 valence electrons. The lowest BCUT2D eigenvalue weighted by atomic mass is 10.0. The van der Waals surface area contributed by atoms with E-state index >= 15 is 0 Å². The molecule has 2 heterocycles. The van der Waals surface area contributed by atoms with Gasteiger partial charge in [0, 0.05) is 19.3 Å². The molecule has 0 bridgehead atoms. The first kappa shape index (κ1) is 17.3. The molecule has 0 atom stereocenters. The standard InChI is InChI=1S/C22H19F2N3O3/c1-22(23,24)30-17-6-3-15(4-7-17)16-5-8-19-18(13-16)21(28)27(11-12-29-19)14-20-25-9-2-10-26-20/h2-10,13H,11-12,14H2,1H3/i14D2. The molecule has 1 aliphatic rings. The quantitative estimate of drug-likeness (QED) is 0.628. The summed E-state index contributed by atoms with van der Waals surface area (Å²) in [4.78, 5) is 22.3. The Labute approximate surface area is 174 Å². The Bertz CT molecular complexity index is 1120. The predicted octanol–water partition coefficient (Wildman–Crippen LogP) is 4.17. The van der Waals surface area contributed by atoms with Crippen LogP contribution in [0.2, 0.25) is 0 Å². The molecular formula is C22H19F2N3O3. The van der Waals surface area contributed by atoms with Crippen LogP contribution in [-0.2, 0) is 6.50 Å². The van der Waals surface area contributed by atoms with E-state index in [-0.39, 0.29) is 30.3 Å². The smallest absolute Gasteiger partial charge is 0.394 e. The lowest BCUT2D eigenvalue weighted by molar-refractivity contribution is -0.158. The molecule has 3 aromatic rings. The third-order valence-corrected chi connectivity index (χ3v) is 4.31. The van der Waals surface area contributed by atoms with E-state index in [1.54, 1.807) is 36.4 Å². The molecule has 0 aliphatic carbocycles. The zero-order valence-electron chi connectivity index (χ0n) is 18.0. The number of fused-ring (bicyclic) bond motifs is 1. The Balaban J connectivity index is 1.66. The maximum absolute atomic E-state index is 13.3. The largest absolute Gasteiger partial charge is 0.491 e. The number of amides is 1. The summed E-state index contributed by atoms with van der Waals surface area (Å²) in [5, 5.41) is 0. The van der Waals surface area contributed by atoms with Crippen molar-refractivity contribution in [1.29, 1.82) is 0 Å². The number of aromatic nitrogens is 2. The number of ether oxygens (including phenoxy) is 2. The molecule has 0 unspecified atom stereocenters. The lowest BCUT2D eigenvalue weighted by Gasteiger charge is -2.19. The third-order valence-electron chi connectivity index (χ3n) is 4.31. The van der Waals surface area contributed by atoms with Crippen molar-refractivity contribution in [1.82, 2.24) is 14.9 Å². The Hall–Kier alpha value is -3.55. The molecule has 6 nitrogen and oxygen atoms in total. The van der Waals surface area contributed by atoms with Crippen LogP contribution in [0.5, 0.6) is 11.5 Å². The van der Waals surface area contributed by atoms with E-state index in [9.17, 15) is 13.6 Å². The Kier molecular flexibility index (Phi) is 4.65. The Morgan fingerprint density at radius 2 is 1.87 bits per heavy atom. The summed E-state index contributed by atoms with van der Waals surface area (Å²) in [6, 6.07) is 12.5. The molecule has 0 saturated heterocycles. The van der Waals surface area contributed by atoms with Gasteiger partial charge in [-0.3, -0.25) is 4.79 Å². The molecule has 8 heteroatoms.